The first kappa shape index (κ1) is 17.2. The van der Waals surface area contributed by atoms with Crippen molar-refractivity contribution in [3.63, 3.8) is 0 Å². The van der Waals surface area contributed by atoms with E-state index in [-0.39, 0.29) is 0 Å². The van der Waals surface area contributed by atoms with Crippen molar-refractivity contribution < 1.29 is 0 Å². The zero-order valence-electron chi connectivity index (χ0n) is 16.7. The maximum Gasteiger partial charge on any atom is 0.224 e. The number of nitrogens with one attached hydrogen (secondary N) is 2. The van der Waals surface area contributed by atoms with Crippen LogP contribution in [-0.2, 0) is 0 Å². The predicted molar refractivity (Wildman–Crippen MR) is 111 cm³/mol. The van der Waals surface area contributed by atoms with E-state index in [2.05, 4.69) is 50.6 Å². The quantitative estimate of drug-likeness (QED) is 0.537. The Morgan fingerprint density at radius 3 is 2.79 bits per heavy atom. The summed E-state index contributed by atoms with van der Waals surface area (Å²) in [6.07, 6.45) is 6.38. The molecule has 144 valence electrons. The molecule has 1 saturated carbocycles. The molecule has 0 saturated heterocycles. The van der Waals surface area contributed by atoms with Crippen LogP contribution in [0.4, 0.5) is 5.95 Å². The van der Waals surface area contributed by atoms with Gasteiger partial charge < -0.3 is 14.9 Å². The summed E-state index contributed by atoms with van der Waals surface area (Å²) in [5.74, 6) is 1.66. The largest absolute Gasteiger partial charge is 0.354 e. The Morgan fingerprint density at radius 2 is 2.04 bits per heavy atom. The molecule has 7 nitrogen and oxygen atoms in total. The fourth-order valence-corrected chi connectivity index (χ4v) is 3.74. The van der Waals surface area contributed by atoms with E-state index in [1.807, 2.05) is 31.5 Å². The molecule has 0 unspecified atom stereocenters. The molecule has 4 heterocycles. The van der Waals surface area contributed by atoms with Crippen molar-refractivity contribution in [3.05, 3.63) is 30.4 Å². The summed E-state index contributed by atoms with van der Waals surface area (Å²) in [6, 6.07) is 4.36. The van der Waals surface area contributed by atoms with Crippen LogP contribution >= 0.6 is 0 Å². The molecule has 2 N–H and O–H groups in total. The van der Waals surface area contributed by atoms with Gasteiger partial charge in [0, 0.05) is 35.9 Å². The molecule has 0 radical (unpaired) electrons. The summed E-state index contributed by atoms with van der Waals surface area (Å²) in [4.78, 5) is 22.0. The fraction of sp³-hybridized carbons (Fsp3) is 0.429. The SMILES string of the molecule is Cc1nc2ccc(-c3c[nH]c4nc(NCC5(C)CC5)ncc34)nc2n1C(C)C. The molecule has 0 aliphatic heterocycles. The summed E-state index contributed by atoms with van der Waals surface area (Å²) in [5, 5.41) is 4.34. The Bertz CT molecular complexity index is 1180. The van der Waals surface area contributed by atoms with Crippen LogP contribution in [0.2, 0.25) is 0 Å². The maximum absolute atomic E-state index is 4.92. The zero-order chi connectivity index (χ0) is 19.5. The number of aromatic amines is 1. The molecule has 0 bridgehead atoms. The maximum atomic E-state index is 4.92. The van der Waals surface area contributed by atoms with Gasteiger partial charge in [-0.3, -0.25) is 0 Å². The third-order valence-electron chi connectivity index (χ3n) is 5.71. The van der Waals surface area contributed by atoms with Crippen molar-refractivity contribution in [2.45, 2.75) is 46.6 Å². The number of imidazole rings is 1. The molecule has 1 aliphatic carbocycles. The number of fused-ring (bicyclic) bond motifs is 2. The standard InChI is InChI=1S/C21H25N7/c1-12(2)28-13(3)25-17-6-5-16(26-19(17)28)14-9-22-18-15(14)10-23-20(27-18)24-11-21(4)7-8-21/h5-6,9-10,12H,7-8,11H2,1-4H3,(H2,22,23,24,27). The fourth-order valence-electron chi connectivity index (χ4n) is 3.74. The minimum Gasteiger partial charge on any atom is -0.354 e. The molecular formula is C21H25N7. The van der Waals surface area contributed by atoms with E-state index in [4.69, 9.17) is 4.98 Å². The number of anilines is 1. The Labute approximate surface area is 163 Å². The van der Waals surface area contributed by atoms with Crippen LogP contribution in [0.3, 0.4) is 0 Å². The second kappa shape index (κ2) is 6.02. The second-order valence-corrected chi connectivity index (χ2v) is 8.48. The Balaban J connectivity index is 1.52. The van der Waals surface area contributed by atoms with Gasteiger partial charge in [0.05, 0.1) is 5.69 Å². The van der Waals surface area contributed by atoms with Gasteiger partial charge in [-0.05, 0) is 51.2 Å². The first-order valence-electron chi connectivity index (χ1n) is 9.87. The van der Waals surface area contributed by atoms with Crippen molar-refractivity contribution >= 4 is 28.1 Å². The van der Waals surface area contributed by atoms with Crippen LogP contribution in [0.5, 0.6) is 0 Å². The van der Waals surface area contributed by atoms with Crippen molar-refractivity contribution in [2.24, 2.45) is 5.41 Å². The van der Waals surface area contributed by atoms with E-state index in [0.717, 1.165) is 45.8 Å². The van der Waals surface area contributed by atoms with Crippen LogP contribution in [-0.4, -0.2) is 36.0 Å². The molecule has 4 aromatic heterocycles. The number of nitrogens with zero attached hydrogens (tertiary/aromatic N) is 5. The molecule has 1 aliphatic rings. The van der Waals surface area contributed by atoms with E-state index < -0.39 is 0 Å². The molecule has 28 heavy (non-hydrogen) atoms. The van der Waals surface area contributed by atoms with Gasteiger partial charge in [-0.15, -0.1) is 0 Å². The molecule has 0 aromatic carbocycles. The van der Waals surface area contributed by atoms with Gasteiger partial charge in [-0.25, -0.2) is 15.0 Å². The highest BCUT2D eigenvalue weighted by atomic mass is 15.1. The molecule has 1 fully saturated rings. The highest BCUT2D eigenvalue weighted by Gasteiger charge is 2.37. The van der Waals surface area contributed by atoms with Gasteiger partial charge in [0.2, 0.25) is 5.95 Å². The second-order valence-electron chi connectivity index (χ2n) is 8.48. The van der Waals surface area contributed by atoms with Crippen molar-refractivity contribution in [2.75, 3.05) is 11.9 Å². The smallest absolute Gasteiger partial charge is 0.224 e. The average molecular weight is 375 g/mol. The first-order chi connectivity index (χ1) is 13.4. The molecule has 0 spiro atoms. The Morgan fingerprint density at radius 1 is 1.21 bits per heavy atom. The number of rotatable bonds is 5. The van der Waals surface area contributed by atoms with Gasteiger partial charge in [0.25, 0.3) is 0 Å². The lowest BCUT2D eigenvalue weighted by molar-refractivity contribution is 0.595. The van der Waals surface area contributed by atoms with E-state index in [1.54, 1.807) is 0 Å². The number of aryl methyl sites for hydroxylation is 1. The van der Waals surface area contributed by atoms with E-state index in [9.17, 15) is 0 Å². The minimum atomic E-state index is 0.306. The lowest BCUT2D eigenvalue weighted by Gasteiger charge is -2.10. The molecule has 0 amide bonds. The molecule has 5 rings (SSSR count). The van der Waals surface area contributed by atoms with Gasteiger partial charge in [0.15, 0.2) is 5.65 Å². The minimum absolute atomic E-state index is 0.306. The summed E-state index contributed by atoms with van der Waals surface area (Å²) in [7, 11) is 0. The van der Waals surface area contributed by atoms with Crippen LogP contribution in [0.25, 0.3) is 33.5 Å². The van der Waals surface area contributed by atoms with Crippen molar-refractivity contribution in [1.29, 1.82) is 0 Å². The third-order valence-corrected chi connectivity index (χ3v) is 5.71. The monoisotopic (exact) mass is 375 g/mol. The number of hydrogen-bond acceptors (Lipinski definition) is 5. The predicted octanol–water partition coefficient (Wildman–Crippen LogP) is 4.47. The van der Waals surface area contributed by atoms with Gasteiger partial charge >= 0.3 is 0 Å². The molecule has 7 heteroatoms. The molecule has 0 atom stereocenters. The molecular weight excluding hydrogens is 350 g/mol. The number of H-pyrrole nitrogens is 1. The van der Waals surface area contributed by atoms with Crippen molar-refractivity contribution in [3.8, 4) is 11.3 Å². The number of pyridine rings is 1. The van der Waals surface area contributed by atoms with E-state index >= 15 is 0 Å². The van der Waals surface area contributed by atoms with Gasteiger partial charge in [-0.2, -0.15) is 4.98 Å². The van der Waals surface area contributed by atoms with E-state index in [1.165, 1.54) is 12.8 Å². The van der Waals surface area contributed by atoms with E-state index in [0.29, 0.717) is 17.4 Å². The average Bonchev–Trinajstić information content (AvgIpc) is 3.11. The van der Waals surface area contributed by atoms with Crippen LogP contribution < -0.4 is 5.32 Å². The summed E-state index contributed by atoms with van der Waals surface area (Å²) in [6.45, 7) is 9.54. The number of hydrogen-bond donors (Lipinski definition) is 2. The summed E-state index contributed by atoms with van der Waals surface area (Å²) < 4.78 is 2.17. The van der Waals surface area contributed by atoms with Gasteiger partial charge in [0.1, 0.15) is 17.0 Å². The normalized spacial score (nSPS) is 15.6. The number of aromatic nitrogens is 6. The Kier molecular flexibility index (Phi) is 3.69. The van der Waals surface area contributed by atoms with Crippen LogP contribution in [0, 0.1) is 12.3 Å². The summed E-state index contributed by atoms with van der Waals surface area (Å²) in [5.41, 5.74) is 4.98. The Hall–Kier alpha value is -2.96. The summed E-state index contributed by atoms with van der Waals surface area (Å²) >= 11 is 0. The highest BCUT2D eigenvalue weighted by Crippen LogP contribution is 2.44. The molecule has 4 aromatic rings. The lowest BCUT2D eigenvalue weighted by Crippen LogP contribution is -2.13. The van der Waals surface area contributed by atoms with Crippen LogP contribution in [0.15, 0.2) is 24.5 Å². The lowest BCUT2D eigenvalue weighted by atomic mass is 10.1. The third kappa shape index (κ3) is 2.82. The van der Waals surface area contributed by atoms with Crippen LogP contribution in [0.1, 0.15) is 45.5 Å². The topological polar surface area (TPSA) is 84.3 Å². The van der Waals surface area contributed by atoms with Gasteiger partial charge in [-0.1, -0.05) is 6.92 Å². The highest BCUT2D eigenvalue weighted by molar-refractivity contribution is 5.93. The van der Waals surface area contributed by atoms with Crippen molar-refractivity contribution in [1.82, 2.24) is 29.5 Å². The first-order valence-corrected chi connectivity index (χ1v) is 9.87. The zero-order valence-corrected chi connectivity index (χ0v) is 16.7.